The first-order valence-corrected chi connectivity index (χ1v) is 6.64. The van der Waals surface area contributed by atoms with E-state index in [0.717, 1.165) is 44.7 Å². The maximum absolute atomic E-state index is 6.17. The van der Waals surface area contributed by atoms with E-state index in [0.29, 0.717) is 0 Å². The molecule has 2 rings (SSSR count). The molecule has 0 radical (unpaired) electrons. The molecule has 0 N–H and O–H groups in total. The van der Waals surface area contributed by atoms with Crippen molar-refractivity contribution < 1.29 is 4.74 Å². The van der Waals surface area contributed by atoms with Crippen LogP contribution < -0.4 is 0 Å². The highest BCUT2D eigenvalue weighted by Gasteiger charge is 2.41. The predicted octanol–water partition coefficient (Wildman–Crippen LogP) is 2.92. The van der Waals surface area contributed by atoms with E-state index in [2.05, 4.69) is 30.0 Å². The number of likely N-dealkylation sites (tertiary alicyclic amines) is 1. The fourth-order valence-electron chi connectivity index (χ4n) is 2.73. The smallest absolute Gasteiger partial charge is 0.141 e. The molecule has 0 bridgehead atoms. The van der Waals surface area contributed by atoms with Gasteiger partial charge in [0.2, 0.25) is 0 Å². The van der Waals surface area contributed by atoms with Crippen LogP contribution in [0.3, 0.4) is 0 Å². The van der Waals surface area contributed by atoms with Gasteiger partial charge in [-0.2, -0.15) is 0 Å². The summed E-state index contributed by atoms with van der Waals surface area (Å²) in [7, 11) is 0. The van der Waals surface area contributed by atoms with Crippen LogP contribution in [0.25, 0.3) is 0 Å². The first-order chi connectivity index (χ1) is 8.73. The second kappa shape index (κ2) is 5.53. The van der Waals surface area contributed by atoms with Gasteiger partial charge in [0.1, 0.15) is 11.4 Å². The lowest BCUT2D eigenvalue weighted by atomic mass is 9.86. The Hall–Kier alpha value is -1.35. The number of nitrogens with zero attached hydrogens (tertiary/aromatic N) is 2. The Balaban J connectivity index is 2.06. The molecule has 2 aliphatic heterocycles. The monoisotopic (exact) mass is 246 g/mol. The van der Waals surface area contributed by atoms with Crippen LogP contribution in [-0.2, 0) is 4.74 Å². The number of ether oxygens (including phenoxy) is 1. The molecule has 3 heteroatoms. The third-order valence-electron chi connectivity index (χ3n) is 3.91. The molecule has 0 aromatic carbocycles. The molecular weight excluding hydrogens is 224 g/mol. The molecular formula is C15H22N2O. The van der Waals surface area contributed by atoms with Crippen molar-refractivity contribution in [1.29, 1.82) is 0 Å². The van der Waals surface area contributed by atoms with Crippen molar-refractivity contribution in [3.63, 3.8) is 0 Å². The van der Waals surface area contributed by atoms with E-state index in [1.54, 1.807) is 6.21 Å². The lowest BCUT2D eigenvalue weighted by Crippen LogP contribution is -2.44. The zero-order valence-corrected chi connectivity index (χ0v) is 11.2. The molecule has 98 valence electrons. The molecule has 1 saturated heterocycles. The Bertz CT molecular complexity index is 387. The molecule has 2 aliphatic rings. The second-order valence-corrected chi connectivity index (χ2v) is 4.95. The van der Waals surface area contributed by atoms with Crippen molar-refractivity contribution in [2.45, 2.75) is 31.8 Å². The Morgan fingerprint density at radius 3 is 2.67 bits per heavy atom. The molecule has 0 aromatic rings. The normalized spacial score (nSPS) is 23.6. The Labute approximate surface area is 110 Å². The summed E-state index contributed by atoms with van der Waals surface area (Å²) >= 11 is 0. The van der Waals surface area contributed by atoms with Crippen LogP contribution in [0.2, 0.25) is 0 Å². The first kappa shape index (κ1) is 13.1. The molecule has 2 heterocycles. The van der Waals surface area contributed by atoms with E-state index >= 15 is 0 Å². The van der Waals surface area contributed by atoms with Gasteiger partial charge in [-0.15, -0.1) is 0 Å². The fraction of sp³-hybridized carbons (Fsp3) is 0.533. The molecule has 0 aromatic heterocycles. The topological polar surface area (TPSA) is 24.8 Å². The highest BCUT2D eigenvalue weighted by molar-refractivity contribution is 5.79. The summed E-state index contributed by atoms with van der Waals surface area (Å²) in [6.07, 6.45) is 8.32. The highest BCUT2D eigenvalue weighted by Crippen LogP contribution is 2.41. The quantitative estimate of drug-likeness (QED) is 0.712. The van der Waals surface area contributed by atoms with Crippen molar-refractivity contribution in [1.82, 2.24) is 4.90 Å². The number of hydrogen-bond acceptors (Lipinski definition) is 3. The van der Waals surface area contributed by atoms with E-state index in [-0.39, 0.29) is 5.60 Å². The lowest BCUT2D eigenvalue weighted by Gasteiger charge is -2.38. The fourth-order valence-corrected chi connectivity index (χ4v) is 2.73. The summed E-state index contributed by atoms with van der Waals surface area (Å²) in [5.41, 5.74) is 1.16. The molecule has 0 amide bonds. The van der Waals surface area contributed by atoms with E-state index in [1.165, 1.54) is 11.8 Å². The minimum absolute atomic E-state index is 0.0162. The van der Waals surface area contributed by atoms with Crippen LogP contribution in [0.1, 0.15) is 26.2 Å². The Morgan fingerprint density at radius 1 is 1.39 bits per heavy atom. The maximum atomic E-state index is 6.17. The number of piperidine rings is 1. The molecule has 0 unspecified atom stereocenters. The van der Waals surface area contributed by atoms with Crippen LogP contribution in [0.4, 0.5) is 0 Å². The highest BCUT2D eigenvalue weighted by atomic mass is 16.5. The Morgan fingerprint density at radius 2 is 2.11 bits per heavy atom. The van der Waals surface area contributed by atoms with Crippen molar-refractivity contribution in [3.8, 4) is 0 Å². The molecule has 1 spiro atoms. The average molecular weight is 246 g/mol. The zero-order chi connectivity index (χ0) is 13.0. The summed E-state index contributed by atoms with van der Waals surface area (Å²) in [5.74, 6) is 0.870. The molecule has 0 atom stereocenters. The van der Waals surface area contributed by atoms with Gasteiger partial charge in [0.15, 0.2) is 0 Å². The van der Waals surface area contributed by atoms with Crippen molar-refractivity contribution in [2.75, 3.05) is 19.6 Å². The van der Waals surface area contributed by atoms with Crippen molar-refractivity contribution in [3.05, 3.63) is 36.8 Å². The van der Waals surface area contributed by atoms with Gasteiger partial charge >= 0.3 is 0 Å². The van der Waals surface area contributed by atoms with E-state index < -0.39 is 0 Å². The van der Waals surface area contributed by atoms with Gasteiger partial charge in [0, 0.05) is 38.6 Å². The third-order valence-corrected chi connectivity index (χ3v) is 3.91. The molecule has 3 nitrogen and oxygen atoms in total. The first-order valence-electron chi connectivity index (χ1n) is 6.64. The molecule has 0 saturated carbocycles. The van der Waals surface area contributed by atoms with Gasteiger partial charge < -0.3 is 9.64 Å². The number of allylic oxidation sites excluding steroid dienone is 2. The van der Waals surface area contributed by atoms with E-state index in [4.69, 9.17) is 4.74 Å². The summed E-state index contributed by atoms with van der Waals surface area (Å²) in [4.78, 5) is 6.53. The average Bonchev–Trinajstić information content (AvgIpc) is 2.75. The van der Waals surface area contributed by atoms with Crippen LogP contribution in [0.15, 0.2) is 41.8 Å². The second-order valence-electron chi connectivity index (χ2n) is 4.95. The largest absolute Gasteiger partial charge is 0.485 e. The minimum Gasteiger partial charge on any atom is -0.485 e. The number of rotatable bonds is 4. The maximum Gasteiger partial charge on any atom is 0.141 e. The number of hydrogen-bond donors (Lipinski definition) is 0. The lowest BCUT2D eigenvalue weighted by molar-refractivity contribution is -0.0203. The van der Waals surface area contributed by atoms with Gasteiger partial charge in [-0.05, 0) is 12.1 Å². The van der Waals surface area contributed by atoms with E-state index in [9.17, 15) is 0 Å². The van der Waals surface area contributed by atoms with Gasteiger partial charge in [-0.3, -0.25) is 4.99 Å². The van der Waals surface area contributed by atoms with Crippen molar-refractivity contribution >= 4 is 6.21 Å². The molecule has 18 heavy (non-hydrogen) atoms. The van der Waals surface area contributed by atoms with Crippen LogP contribution >= 0.6 is 0 Å². The standard InChI is InChI=1S/C15H22N2O/c1-4-13-11-15(18-14(13)12-16-5-2)7-9-17(6-3)10-8-15/h4-5,12H,1-2,6-11H2,3H3. The van der Waals surface area contributed by atoms with Gasteiger partial charge in [0.25, 0.3) is 0 Å². The predicted molar refractivity (Wildman–Crippen MR) is 75.7 cm³/mol. The van der Waals surface area contributed by atoms with Crippen LogP contribution in [0.5, 0.6) is 0 Å². The van der Waals surface area contributed by atoms with Crippen molar-refractivity contribution in [2.24, 2.45) is 4.99 Å². The summed E-state index contributed by atoms with van der Waals surface area (Å²) in [5, 5.41) is 0. The Kier molecular flexibility index (Phi) is 4.02. The third kappa shape index (κ3) is 2.56. The zero-order valence-electron chi connectivity index (χ0n) is 11.2. The molecule has 0 aliphatic carbocycles. The molecule has 1 fully saturated rings. The van der Waals surface area contributed by atoms with Gasteiger partial charge in [0.05, 0.1) is 6.21 Å². The van der Waals surface area contributed by atoms with Gasteiger partial charge in [-0.25, -0.2) is 0 Å². The number of aliphatic imine (C=N–C) groups is 1. The van der Waals surface area contributed by atoms with Gasteiger partial charge in [-0.1, -0.05) is 26.2 Å². The summed E-state index contributed by atoms with van der Waals surface area (Å²) < 4.78 is 6.17. The SMILES string of the molecule is C=CN=CC1=C(C=C)CC2(CCN(CC)CC2)O1. The van der Waals surface area contributed by atoms with E-state index in [1.807, 2.05) is 6.08 Å². The summed E-state index contributed by atoms with van der Waals surface area (Å²) in [6, 6.07) is 0. The van der Waals surface area contributed by atoms with Crippen LogP contribution in [-0.4, -0.2) is 36.3 Å². The minimum atomic E-state index is -0.0162. The summed E-state index contributed by atoms with van der Waals surface area (Å²) in [6.45, 7) is 13.0. The van der Waals surface area contributed by atoms with Crippen LogP contribution in [0, 0.1) is 0 Å².